The number of likely N-dealkylation sites (N-methyl/N-ethyl adjacent to an activating group) is 1. The third-order valence-electron chi connectivity index (χ3n) is 3.29. The molecule has 0 radical (unpaired) electrons. The van der Waals surface area contributed by atoms with Gasteiger partial charge in [-0.05, 0) is 11.5 Å². The van der Waals surface area contributed by atoms with E-state index in [-0.39, 0.29) is 12.5 Å². The molecule has 0 saturated heterocycles. The van der Waals surface area contributed by atoms with Crippen LogP contribution in [0.4, 0.5) is 0 Å². The van der Waals surface area contributed by atoms with E-state index in [0.717, 1.165) is 10.6 Å². The van der Waals surface area contributed by atoms with Crippen molar-refractivity contribution in [1.29, 1.82) is 0 Å². The third kappa shape index (κ3) is 3.71. The molecule has 2 amide bonds. The van der Waals surface area contributed by atoms with Crippen LogP contribution in [0.15, 0.2) is 29.6 Å². The second-order valence-corrected chi connectivity index (χ2v) is 6.30. The highest BCUT2D eigenvalue weighted by Crippen LogP contribution is 2.26. The zero-order valence-electron chi connectivity index (χ0n) is 12.9. The van der Waals surface area contributed by atoms with Gasteiger partial charge in [0.15, 0.2) is 0 Å². The first-order valence-corrected chi connectivity index (χ1v) is 7.86. The van der Waals surface area contributed by atoms with Crippen molar-refractivity contribution in [3.8, 4) is 10.6 Å². The van der Waals surface area contributed by atoms with E-state index in [1.54, 1.807) is 5.38 Å². The summed E-state index contributed by atoms with van der Waals surface area (Å²) >= 11 is 1.41. The van der Waals surface area contributed by atoms with Crippen LogP contribution >= 0.6 is 11.3 Å². The van der Waals surface area contributed by atoms with Crippen LogP contribution in [0.1, 0.15) is 35.8 Å². The minimum absolute atomic E-state index is 0.116. The van der Waals surface area contributed by atoms with E-state index >= 15 is 0 Å². The molecule has 1 aromatic heterocycles. The molecule has 2 N–H and O–H groups in total. The standard InChI is InChI=1S/C16H19N3O2S/c1-10(2)11-4-6-12(7-5-11)15-18-13(9-22-15)16(21)19(3)8-14(17)20/h4-7,9-10H,8H2,1-3H3,(H2,17,20). The van der Waals surface area contributed by atoms with Crippen molar-refractivity contribution in [3.05, 3.63) is 40.9 Å². The normalized spacial score (nSPS) is 10.7. The lowest BCUT2D eigenvalue weighted by Crippen LogP contribution is -2.35. The summed E-state index contributed by atoms with van der Waals surface area (Å²) in [5.41, 5.74) is 7.66. The predicted molar refractivity (Wildman–Crippen MR) is 87.8 cm³/mol. The van der Waals surface area contributed by atoms with Gasteiger partial charge in [0.1, 0.15) is 10.7 Å². The molecule has 1 heterocycles. The maximum Gasteiger partial charge on any atom is 0.273 e. The van der Waals surface area contributed by atoms with E-state index < -0.39 is 5.91 Å². The first kappa shape index (κ1) is 16.2. The fourth-order valence-corrected chi connectivity index (χ4v) is 2.82. The fraction of sp³-hybridized carbons (Fsp3) is 0.312. The Morgan fingerprint density at radius 2 is 1.91 bits per heavy atom. The molecule has 1 aromatic carbocycles. The van der Waals surface area contributed by atoms with Gasteiger partial charge in [-0.1, -0.05) is 38.1 Å². The lowest BCUT2D eigenvalue weighted by Gasteiger charge is -2.12. The first-order chi connectivity index (χ1) is 10.4. The molecule has 0 bridgehead atoms. The van der Waals surface area contributed by atoms with Gasteiger partial charge in [-0.2, -0.15) is 0 Å². The Labute approximate surface area is 133 Å². The Hall–Kier alpha value is -2.21. The highest BCUT2D eigenvalue weighted by molar-refractivity contribution is 7.13. The highest BCUT2D eigenvalue weighted by Gasteiger charge is 2.17. The summed E-state index contributed by atoms with van der Waals surface area (Å²) in [6.45, 7) is 4.17. The molecule has 2 rings (SSSR count). The first-order valence-electron chi connectivity index (χ1n) is 6.98. The number of primary amides is 1. The van der Waals surface area contributed by atoms with Gasteiger partial charge in [0.25, 0.3) is 5.91 Å². The zero-order chi connectivity index (χ0) is 16.3. The van der Waals surface area contributed by atoms with Gasteiger partial charge in [0, 0.05) is 18.0 Å². The van der Waals surface area contributed by atoms with Crippen LogP contribution in [0.5, 0.6) is 0 Å². The third-order valence-corrected chi connectivity index (χ3v) is 4.18. The van der Waals surface area contributed by atoms with Crippen molar-refractivity contribution in [2.24, 2.45) is 5.73 Å². The van der Waals surface area contributed by atoms with Gasteiger partial charge in [-0.15, -0.1) is 11.3 Å². The molecule has 0 aliphatic rings. The second-order valence-electron chi connectivity index (χ2n) is 5.44. The van der Waals surface area contributed by atoms with Crippen molar-refractivity contribution in [3.63, 3.8) is 0 Å². The van der Waals surface area contributed by atoms with E-state index in [0.29, 0.717) is 11.6 Å². The van der Waals surface area contributed by atoms with E-state index in [9.17, 15) is 9.59 Å². The molecule has 2 aromatic rings. The molecule has 116 valence electrons. The van der Waals surface area contributed by atoms with Gasteiger partial charge >= 0.3 is 0 Å². The molecule has 0 aliphatic carbocycles. The van der Waals surface area contributed by atoms with Gasteiger partial charge in [-0.3, -0.25) is 9.59 Å². The Balaban J connectivity index is 2.17. The number of nitrogens with two attached hydrogens (primary N) is 1. The number of carbonyl (C=O) groups excluding carboxylic acids is 2. The van der Waals surface area contributed by atoms with Crippen molar-refractivity contribution >= 4 is 23.2 Å². The number of hydrogen-bond donors (Lipinski definition) is 1. The molecule has 0 atom stereocenters. The SMILES string of the molecule is CC(C)c1ccc(-c2nc(C(=O)N(C)CC(N)=O)cs2)cc1. The molecule has 0 fully saturated rings. The quantitative estimate of drug-likeness (QED) is 0.920. The Kier molecular flexibility index (Phi) is 4.92. The van der Waals surface area contributed by atoms with Gasteiger partial charge in [0.2, 0.25) is 5.91 Å². The van der Waals surface area contributed by atoms with Crippen LogP contribution in [0.25, 0.3) is 10.6 Å². The molecule has 0 aliphatic heterocycles. The molecule has 6 heteroatoms. The van der Waals surface area contributed by atoms with Crippen LogP contribution < -0.4 is 5.73 Å². The topological polar surface area (TPSA) is 76.3 Å². The maximum atomic E-state index is 12.1. The number of nitrogens with zero attached hydrogens (tertiary/aromatic N) is 2. The van der Waals surface area contributed by atoms with Gasteiger partial charge < -0.3 is 10.6 Å². The summed E-state index contributed by atoms with van der Waals surface area (Å²) in [4.78, 5) is 28.6. The van der Waals surface area contributed by atoms with E-state index in [2.05, 4.69) is 31.0 Å². The van der Waals surface area contributed by atoms with E-state index in [1.165, 1.54) is 28.8 Å². The predicted octanol–water partition coefficient (Wildman–Crippen LogP) is 2.49. The Bertz CT molecular complexity index is 677. The van der Waals surface area contributed by atoms with Gasteiger partial charge in [-0.25, -0.2) is 4.98 Å². The largest absolute Gasteiger partial charge is 0.368 e. The van der Waals surface area contributed by atoms with Crippen LogP contribution in [-0.4, -0.2) is 35.3 Å². The average Bonchev–Trinajstić information content (AvgIpc) is 2.95. The van der Waals surface area contributed by atoms with Crippen LogP contribution in [0.3, 0.4) is 0 Å². The van der Waals surface area contributed by atoms with Crippen LogP contribution in [0.2, 0.25) is 0 Å². The molecule has 22 heavy (non-hydrogen) atoms. The van der Waals surface area contributed by atoms with Crippen molar-refractivity contribution in [2.45, 2.75) is 19.8 Å². The average molecular weight is 317 g/mol. The van der Waals surface area contributed by atoms with E-state index in [1.807, 2.05) is 12.1 Å². The summed E-state index contributed by atoms with van der Waals surface area (Å²) in [5.74, 6) is -0.374. The smallest absolute Gasteiger partial charge is 0.273 e. The van der Waals surface area contributed by atoms with Crippen molar-refractivity contribution in [2.75, 3.05) is 13.6 Å². The second kappa shape index (κ2) is 6.70. The minimum Gasteiger partial charge on any atom is -0.368 e. The van der Waals surface area contributed by atoms with Crippen LogP contribution in [-0.2, 0) is 4.79 Å². The molecule has 0 unspecified atom stereocenters. The summed E-state index contributed by atoms with van der Waals surface area (Å²) < 4.78 is 0. The summed E-state index contributed by atoms with van der Waals surface area (Å²) in [6.07, 6.45) is 0. The molecular weight excluding hydrogens is 298 g/mol. The fourth-order valence-electron chi connectivity index (χ4n) is 2.02. The number of hydrogen-bond acceptors (Lipinski definition) is 4. The highest BCUT2D eigenvalue weighted by atomic mass is 32.1. The zero-order valence-corrected chi connectivity index (χ0v) is 13.7. The van der Waals surface area contributed by atoms with Gasteiger partial charge in [0.05, 0.1) is 6.54 Å². The Morgan fingerprint density at radius 1 is 1.27 bits per heavy atom. The van der Waals surface area contributed by atoms with Crippen molar-refractivity contribution < 1.29 is 9.59 Å². The number of thiazole rings is 1. The lowest BCUT2D eigenvalue weighted by molar-refractivity contribution is -0.118. The lowest BCUT2D eigenvalue weighted by atomic mass is 10.0. The summed E-state index contributed by atoms with van der Waals surface area (Å²) in [5, 5.41) is 2.48. The number of amides is 2. The number of carbonyl (C=O) groups is 2. The van der Waals surface area contributed by atoms with Crippen LogP contribution in [0, 0.1) is 0 Å². The molecule has 0 spiro atoms. The number of rotatable bonds is 5. The molecular formula is C16H19N3O2S. The summed E-state index contributed by atoms with van der Waals surface area (Å²) in [7, 11) is 1.53. The Morgan fingerprint density at radius 3 is 2.45 bits per heavy atom. The summed E-state index contributed by atoms with van der Waals surface area (Å²) in [6, 6.07) is 8.16. The van der Waals surface area contributed by atoms with E-state index in [4.69, 9.17) is 5.73 Å². The minimum atomic E-state index is -0.546. The maximum absolute atomic E-state index is 12.1. The monoisotopic (exact) mass is 317 g/mol. The molecule has 0 saturated carbocycles. The number of benzene rings is 1. The number of aromatic nitrogens is 1. The molecule has 5 nitrogen and oxygen atoms in total. The van der Waals surface area contributed by atoms with Crippen molar-refractivity contribution in [1.82, 2.24) is 9.88 Å².